The summed E-state index contributed by atoms with van der Waals surface area (Å²) in [4.78, 5) is 15.1. The molecule has 0 spiro atoms. The van der Waals surface area contributed by atoms with Gasteiger partial charge in [-0.25, -0.2) is 4.79 Å². The SMILES string of the molecule is CC1(C)CCc2sc(C#C[Si](C)(C)C)c(C(=O)OC(C)(C)C)c2C1. The summed E-state index contributed by atoms with van der Waals surface area (Å²) in [6.45, 7) is 17.0. The van der Waals surface area contributed by atoms with Crippen LogP contribution in [0.25, 0.3) is 0 Å². The Labute approximate surface area is 152 Å². The summed E-state index contributed by atoms with van der Waals surface area (Å²) in [5.41, 5.74) is 5.09. The fourth-order valence-corrected chi connectivity index (χ4v) is 4.55. The zero-order chi connectivity index (χ0) is 18.3. The van der Waals surface area contributed by atoms with Crippen LogP contribution in [0.5, 0.6) is 0 Å². The molecule has 0 aromatic carbocycles. The van der Waals surface area contributed by atoms with Crippen LogP contribution in [0, 0.1) is 16.9 Å². The lowest BCUT2D eigenvalue weighted by Crippen LogP contribution is -2.27. The van der Waals surface area contributed by atoms with Crippen LogP contribution in [0.15, 0.2) is 0 Å². The Morgan fingerprint density at radius 2 is 1.88 bits per heavy atom. The van der Waals surface area contributed by atoms with Crippen LogP contribution in [-0.4, -0.2) is 19.6 Å². The zero-order valence-electron chi connectivity index (χ0n) is 16.3. The van der Waals surface area contributed by atoms with Crippen molar-refractivity contribution in [2.24, 2.45) is 5.41 Å². The predicted octanol–water partition coefficient (Wildman–Crippen LogP) is 5.45. The molecule has 0 fully saturated rings. The van der Waals surface area contributed by atoms with Gasteiger partial charge in [-0.2, -0.15) is 0 Å². The molecule has 1 aliphatic rings. The van der Waals surface area contributed by atoms with E-state index in [2.05, 4.69) is 45.0 Å². The van der Waals surface area contributed by atoms with Crippen LogP contribution in [0.4, 0.5) is 0 Å². The molecule has 4 heteroatoms. The highest BCUT2D eigenvalue weighted by Gasteiger charge is 2.34. The molecule has 24 heavy (non-hydrogen) atoms. The van der Waals surface area contributed by atoms with Gasteiger partial charge in [0.2, 0.25) is 0 Å². The van der Waals surface area contributed by atoms with Gasteiger partial charge in [0.15, 0.2) is 0 Å². The standard InChI is InChI=1S/C20H30O2SSi/c1-19(2,3)22-18(21)17-14-13-20(4,5)11-9-15(14)23-16(17)10-12-24(6,7)8/h9,11,13H2,1-8H3. The van der Waals surface area contributed by atoms with E-state index in [9.17, 15) is 4.79 Å². The van der Waals surface area contributed by atoms with Crippen molar-refractivity contribution in [2.75, 3.05) is 0 Å². The number of fused-ring (bicyclic) bond motifs is 1. The van der Waals surface area contributed by atoms with Crippen LogP contribution < -0.4 is 0 Å². The monoisotopic (exact) mass is 362 g/mol. The Kier molecular flexibility index (Phi) is 5.10. The van der Waals surface area contributed by atoms with Gasteiger partial charge in [-0.15, -0.1) is 16.9 Å². The molecule has 1 aromatic rings. The fraction of sp³-hybridized carbons (Fsp3) is 0.650. The van der Waals surface area contributed by atoms with Gasteiger partial charge < -0.3 is 4.74 Å². The molecule has 0 bridgehead atoms. The summed E-state index contributed by atoms with van der Waals surface area (Å²) < 4.78 is 5.70. The molecule has 0 amide bonds. The van der Waals surface area contributed by atoms with Crippen LogP contribution >= 0.6 is 11.3 Å². The van der Waals surface area contributed by atoms with E-state index in [1.165, 1.54) is 10.4 Å². The average molecular weight is 363 g/mol. The Morgan fingerprint density at radius 3 is 2.42 bits per heavy atom. The Hall–Kier alpha value is -1.05. The minimum Gasteiger partial charge on any atom is -0.456 e. The van der Waals surface area contributed by atoms with Gasteiger partial charge >= 0.3 is 5.97 Å². The van der Waals surface area contributed by atoms with Crippen LogP contribution in [0.2, 0.25) is 19.6 Å². The molecule has 2 nitrogen and oxygen atoms in total. The number of esters is 1. The number of aryl methyl sites for hydroxylation is 1. The van der Waals surface area contributed by atoms with Crippen LogP contribution in [0.3, 0.4) is 0 Å². The molecular formula is C20H30O2SSi. The molecule has 0 atom stereocenters. The number of carbonyl (C=O) groups is 1. The van der Waals surface area contributed by atoms with Gasteiger partial charge in [-0.05, 0) is 51.0 Å². The van der Waals surface area contributed by atoms with Crippen molar-refractivity contribution >= 4 is 25.4 Å². The largest absolute Gasteiger partial charge is 0.456 e. The molecule has 1 aliphatic carbocycles. The first-order valence-electron chi connectivity index (χ1n) is 8.68. The van der Waals surface area contributed by atoms with Gasteiger partial charge in [0.1, 0.15) is 13.7 Å². The molecule has 1 aromatic heterocycles. The molecule has 132 valence electrons. The summed E-state index contributed by atoms with van der Waals surface area (Å²) in [7, 11) is -1.49. The van der Waals surface area contributed by atoms with Crippen LogP contribution in [0.1, 0.15) is 66.7 Å². The normalized spacial score (nSPS) is 16.8. The molecule has 0 unspecified atom stereocenters. The minimum absolute atomic E-state index is 0.211. The quantitative estimate of drug-likeness (QED) is 0.377. The predicted molar refractivity (Wildman–Crippen MR) is 106 cm³/mol. The molecule has 1 heterocycles. The third kappa shape index (κ3) is 4.97. The van der Waals surface area contributed by atoms with E-state index >= 15 is 0 Å². The maximum atomic E-state index is 12.9. The second-order valence-corrected chi connectivity index (χ2v) is 15.4. The first kappa shape index (κ1) is 19.3. The molecule has 0 saturated carbocycles. The zero-order valence-corrected chi connectivity index (χ0v) is 18.2. The molecule has 2 rings (SSSR count). The lowest BCUT2D eigenvalue weighted by molar-refractivity contribution is 0.00680. The molecule has 0 saturated heterocycles. The third-order valence-electron chi connectivity index (χ3n) is 3.93. The molecular weight excluding hydrogens is 332 g/mol. The van der Waals surface area contributed by atoms with Crippen molar-refractivity contribution in [3.05, 3.63) is 20.9 Å². The van der Waals surface area contributed by atoms with E-state index in [1.54, 1.807) is 11.3 Å². The van der Waals surface area contributed by atoms with Crippen molar-refractivity contribution < 1.29 is 9.53 Å². The van der Waals surface area contributed by atoms with E-state index in [0.717, 1.165) is 29.7 Å². The van der Waals surface area contributed by atoms with Gasteiger partial charge in [0.25, 0.3) is 0 Å². The van der Waals surface area contributed by atoms with E-state index in [4.69, 9.17) is 4.74 Å². The number of hydrogen-bond donors (Lipinski definition) is 0. The Morgan fingerprint density at radius 1 is 1.25 bits per heavy atom. The lowest BCUT2D eigenvalue weighted by atomic mass is 9.76. The van der Waals surface area contributed by atoms with Crippen LogP contribution in [-0.2, 0) is 17.6 Å². The van der Waals surface area contributed by atoms with Gasteiger partial charge in [-0.1, -0.05) is 39.4 Å². The van der Waals surface area contributed by atoms with Gasteiger partial charge in [0.05, 0.1) is 10.4 Å². The Bertz CT molecular complexity index is 703. The van der Waals surface area contributed by atoms with Crippen molar-refractivity contribution in [3.8, 4) is 11.5 Å². The average Bonchev–Trinajstić information content (AvgIpc) is 2.69. The smallest absolute Gasteiger partial charge is 0.341 e. The number of carbonyl (C=O) groups excluding carboxylic acids is 1. The highest BCUT2D eigenvalue weighted by Crippen LogP contribution is 2.41. The maximum Gasteiger partial charge on any atom is 0.341 e. The fourth-order valence-electron chi connectivity index (χ4n) is 2.80. The number of hydrogen-bond acceptors (Lipinski definition) is 3. The first-order valence-corrected chi connectivity index (χ1v) is 13.0. The summed E-state index contributed by atoms with van der Waals surface area (Å²) >= 11 is 1.71. The topological polar surface area (TPSA) is 26.3 Å². The van der Waals surface area contributed by atoms with Gasteiger partial charge in [-0.3, -0.25) is 0 Å². The van der Waals surface area contributed by atoms with E-state index in [1.807, 2.05) is 20.8 Å². The Balaban J connectivity index is 2.53. The minimum atomic E-state index is -1.49. The maximum absolute atomic E-state index is 12.9. The number of rotatable bonds is 1. The van der Waals surface area contributed by atoms with Gasteiger partial charge in [0, 0.05) is 4.88 Å². The van der Waals surface area contributed by atoms with E-state index in [0.29, 0.717) is 0 Å². The van der Waals surface area contributed by atoms with Crippen molar-refractivity contribution in [2.45, 2.75) is 79.1 Å². The summed E-state index contributed by atoms with van der Waals surface area (Å²) in [5.74, 6) is 3.12. The van der Waals surface area contributed by atoms with Crippen molar-refractivity contribution in [1.29, 1.82) is 0 Å². The number of ether oxygens (including phenoxy) is 1. The van der Waals surface area contributed by atoms with E-state index < -0.39 is 13.7 Å². The summed E-state index contributed by atoms with van der Waals surface area (Å²) in [6, 6.07) is 0. The van der Waals surface area contributed by atoms with Crippen molar-refractivity contribution in [1.82, 2.24) is 0 Å². The van der Waals surface area contributed by atoms with Crippen molar-refractivity contribution in [3.63, 3.8) is 0 Å². The molecule has 0 radical (unpaired) electrons. The second-order valence-electron chi connectivity index (χ2n) is 9.55. The number of thiophene rings is 1. The van der Waals surface area contributed by atoms with E-state index in [-0.39, 0.29) is 11.4 Å². The third-order valence-corrected chi connectivity index (χ3v) is 6.01. The lowest BCUT2D eigenvalue weighted by Gasteiger charge is -2.30. The first-order chi connectivity index (χ1) is 10.8. The highest BCUT2D eigenvalue weighted by atomic mass is 32.1. The summed E-state index contributed by atoms with van der Waals surface area (Å²) in [5, 5.41) is 0. The molecule has 0 aliphatic heterocycles. The molecule has 0 N–H and O–H groups in total. The highest BCUT2D eigenvalue weighted by molar-refractivity contribution is 7.13. The summed E-state index contributed by atoms with van der Waals surface area (Å²) in [6.07, 6.45) is 3.13. The second kappa shape index (κ2) is 6.35.